The first kappa shape index (κ1) is 17.9. The van der Waals surface area contributed by atoms with Gasteiger partial charge in [0.05, 0.1) is 11.8 Å². The van der Waals surface area contributed by atoms with Gasteiger partial charge in [0.15, 0.2) is 0 Å². The normalized spacial score (nSPS) is 19.9. The van der Waals surface area contributed by atoms with E-state index in [1.165, 1.54) is 6.08 Å². The Kier molecular flexibility index (Phi) is 6.59. The Morgan fingerprint density at radius 2 is 1.78 bits per heavy atom. The maximum atomic E-state index is 12.6. The number of allylic oxidation sites excluding steroid dienone is 2. The van der Waals surface area contributed by atoms with Crippen LogP contribution in [0.2, 0.25) is 0 Å². The molecule has 0 saturated carbocycles. The van der Waals surface area contributed by atoms with E-state index in [0.717, 1.165) is 8.95 Å². The van der Waals surface area contributed by atoms with Crippen LogP contribution in [0.4, 0.5) is 5.69 Å². The Balaban J connectivity index is 2.10. The molecule has 1 aromatic carbocycles. The van der Waals surface area contributed by atoms with Crippen molar-refractivity contribution in [3.8, 4) is 0 Å². The molecule has 2 atom stereocenters. The van der Waals surface area contributed by atoms with E-state index in [1.54, 1.807) is 0 Å². The van der Waals surface area contributed by atoms with E-state index in [9.17, 15) is 9.59 Å². The van der Waals surface area contributed by atoms with Crippen molar-refractivity contribution >= 4 is 49.4 Å². The van der Waals surface area contributed by atoms with Gasteiger partial charge >= 0.3 is 5.97 Å². The van der Waals surface area contributed by atoms with Crippen LogP contribution in [0.3, 0.4) is 0 Å². The summed E-state index contributed by atoms with van der Waals surface area (Å²) in [6.45, 7) is 3.68. The van der Waals surface area contributed by atoms with Gasteiger partial charge in [0.1, 0.15) is 6.61 Å². The fraction of sp³-hybridized carbons (Fsp3) is 0.294. The highest BCUT2D eigenvalue weighted by Crippen LogP contribution is 2.29. The van der Waals surface area contributed by atoms with Crippen molar-refractivity contribution in [1.82, 2.24) is 0 Å². The number of ether oxygens (including phenoxy) is 1. The van der Waals surface area contributed by atoms with Crippen LogP contribution in [0.5, 0.6) is 0 Å². The molecule has 1 aromatic rings. The van der Waals surface area contributed by atoms with Crippen LogP contribution in [0, 0.1) is 11.8 Å². The van der Waals surface area contributed by atoms with Gasteiger partial charge in [-0.15, -0.1) is 0 Å². The molecule has 0 aliphatic heterocycles. The van der Waals surface area contributed by atoms with Gasteiger partial charge in [-0.25, -0.2) is 0 Å². The molecule has 2 rings (SSSR count). The quantitative estimate of drug-likeness (QED) is 0.540. The summed E-state index contributed by atoms with van der Waals surface area (Å²) < 4.78 is 6.82. The fourth-order valence-corrected chi connectivity index (χ4v) is 3.77. The van der Waals surface area contributed by atoms with Crippen LogP contribution in [-0.4, -0.2) is 18.5 Å². The minimum atomic E-state index is -0.462. The lowest BCUT2D eigenvalue weighted by atomic mass is 9.82. The molecule has 0 spiro atoms. The highest BCUT2D eigenvalue weighted by molar-refractivity contribution is 9.11. The molecule has 6 heteroatoms. The van der Waals surface area contributed by atoms with Crippen molar-refractivity contribution in [2.45, 2.75) is 12.8 Å². The largest absolute Gasteiger partial charge is 0.461 e. The third-order valence-electron chi connectivity index (χ3n) is 3.55. The van der Waals surface area contributed by atoms with Crippen LogP contribution in [0.1, 0.15) is 12.8 Å². The van der Waals surface area contributed by atoms with E-state index in [2.05, 4.69) is 43.8 Å². The lowest BCUT2D eigenvalue weighted by molar-refractivity contribution is -0.151. The van der Waals surface area contributed by atoms with Gasteiger partial charge in [-0.05, 0) is 31.0 Å². The van der Waals surface area contributed by atoms with Crippen molar-refractivity contribution in [1.29, 1.82) is 0 Å². The Hall–Kier alpha value is -1.40. The molecule has 0 fully saturated rings. The molecule has 1 amide bonds. The second-order valence-corrected chi connectivity index (χ2v) is 7.05. The number of hydrogen-bond acceptors (Lipinski definition) is 3. The fourth-order valence-electron chi connectivity index (χ4n) is 2.47. The van der Waals surface area contributed by atoms with E-state index in [0.29, 0.717) is 18.5 Å². The zero-order chi connectivity index (χ0) is 16.8. The zero-order valence-corrected chi connectivity index (χ0v) is 15.6. The van der Waals surface area contributed by atoms with E-state index in [-0.39, 0.29) is 18.5 Å². The summed E-state index contributed by atoms with van der Waals surface area (Å²) in [6, 6.07) is 5.51. The summed E-state index contributed by atoms with van der Waals surface area (Å²) in [7, 11) is 0. The van der Waals surface area contributed by atoms with Gasteiger partial charge in [0.25, 0.3) is 0 Å². The van der Waals surface area contributed by atoms with E-state index in [4.69, 9.17) is 4.74 Å². The number of halogens is 2. The van der Waals surface area contributed by atoms with Crippen LogP contribution < -0.4 is 5.32 Å². The Bertz CT molecular complexity index is 622. The van der Waals surface area contributed by atoms with Gasteiger partial charge in [0.2, 0.25) is 5.91 Å². The highest BCUT2D eigenvalue weighted by atomic mass is 79.9. The van der Waals surface area contributed by atoms with Crippen molar-refractivity contribution in [3.05, 3.63) is 52.0 Å². The first-order valence-corrected chi connectivity index (χ1v) is 8.79. The number of esters is 1. The van der Waals surface area contributed by atoms with Crippen molar-refractivity contribution in [2.24, 2.45) is 11.8 Å². The average molecular weight is 443 g/mol. The first-order valence-electron chi connectivity index (χ1n) is 7.20. The lowest BCUT2D eigenvalue weighted by Gasteiger charge is -2.26. The van der Waals surface area contributed by atoms with Crippen LogP contribution >= 0.6 is 31.9 Å². The predicted octanol–water partition coefficient (Wildman–Crippen LogP) is 4.46. The number of amides is 1. The highest BCUT2D eigenvalue weighted by Gasteiger charge is 2.35. The minimum Gasteiger partial charge on any atom is -0.461 e. The first-order chi connectivity index (χ1) is 11.0. The van der Waals surface area contributed by atoms with Crippen LogP contribution in [0.25, 0.3) is 0 Å². The summed E-state index contributed by atoms with van der Waals surface area (Å²) in [6.07, 6.45) is 6.40. The number of benzene rings is 1. The van der Waals surface area contributed by atoms with Crippen molar-refractivity contribution in [3.63, 3.8) is 0 Å². The summed E-state index contributed by atoms with van der Waals surface area (Å²) in [5.74, 6) is -1.43. The van der Waals surface area contributed by atoms with E-state index in [1.807, 2.05) is 30.4 Å². The van der Waals surface area contributed by atoms with Gasteiger partial charge in [0, 0.05) is 14.6 Å². The van der Waals surface area contributed by atoms with Gasteiger partial charge < -0.3 is 10.1 Å². The van der Waals surface area contributed by atoms with Crippen LogP contribution in [0.15, 0.2) is 52.0 Å². The molecule has 4 nitrogen and oxygen atoms in total. The van der Waals surface area contributed by atoms with Crippen LogP contribution in [-0.2, 0) is 14.3 Å². The molecule has 0 heterocycles. The van der Waals surface area contributed by atoms with Crippen molar-refractivity contribution < 1.29 is 14.3 Å². The number of carbonyl (C=O) groups excluding carboxylic acids is 2. The predicted molar refractivity (Wildman–Crippen MR) is 97.0 cm³/mol. The second-order valence-electron chi connectivity index (χ2n) is 5.22. The minimum absolute atomic E-state index is 0.159. The standard InChI is InChI=1S/C17H17Br2NO3/c1-2-7-23-17(22)15-6-4-3-5-14(15)16(21)20-13-9-11(18)8-12(19)10-13/h2-4,8-10,14-15H,1,5-7H2,(H,20,21)/t14-,15-/m0/s1. The number of nitrogens with one attached hydrogen (secondary N) is 1. The number of carbonyl (C=O) groups is 2. The maximum Gasteiger partial charge on any atom is 0.310 e. The Morgan fingerprint density at radius 1 is 1.17 bits per heavy atom. The topological polar surface area (TPSA) is 55.4 Å². The summed E-state index contributed by atoms with van der Waals surface area (Å²) in [4.78, 5) is 24.7. The molecule has 0 unspecified atom stereocenters. The average Bonchev–Trinajstić information content (AvgIpc) is 2.51. The molecular formula is C17H17Br2NO3. The molecule has 0 bridgehead atoms. The molecule has 0 radical (unpaired) electrons. The third kappa shape index (κ3) is 5.04. The van der Waals surface area contributed by atoms with E-state index < -0.39 is 11.8 Å². The second kappa shape index (κ2) is 8.45. The Morgan fingerprint density at radius 3 is 2.39 bits per heavy atom. The molecule has 1 aliphatic carbocycles. The number of rotatable bonds is 5. The maximum absolute atomic E-state index is 12.6. The molecule has 1 N–H and O–H groups in total. The Labute approximate surface area is 152 Å². The molecule has 0 saturated heterocycles. The molecule has 122 valence electrons. The third-order valence-corrected chi connectivity index (χ3v) is 4.46. The zero-order valence-electron chi connectivity index (χ0n) is 12.4. The lowest BCUT2D eigenvalue weighted by Crippen LogP contribution is -2.35. The molecule has 23 heavy (non-hydrogen) atoms. The van der Waals surface area contributed by atoms with Gasteiger partial charge in [-0.1, -0.05) is 56.7 Å². The van der Waals surface area contributed by atoms with Gasteiger partial charge in [-0.2, -0.15) is 0 Å². The molecule has 0 aromatic heterocycles. The molecule has 1 aliphatic rings. The van der Waals surface area contributed by atoms with Crippen molar-refractivity contribution in [2.75, 3.05) is 11.9 Å². The SMILES string of the molecule is C=CCOC(=O)[C@H]1CC=CC[C@@H]1C(=O)Nc1cc(Br)cc(Br)c1. The number of hydrogen-bond donors (Lipinski definition) is 1. The molecular weight excluding hydrogens is 426 g/mol. The van der Waals surface area contributed by atoms with Gasteiger partial charge in [-0.3, -0.25) is 9.59 Å². The smallest absolute Gasteiger partial charge is 0.310 e. The van der Waals surface area contributed by atoms with E-state index >= 15 is 0 Å². The summed E-state index contributed by atoms with van der Waals surface area (Å²) in [5, 5.41) is 2.87. The summed E-state index contributed by atoms with van der Waals surface area (Å²) in [5.41, 5.74) is 0.670. The monoisotopic (exact) mass is 441 g/mol. The summed E-state index contributed by atoms with van der Waals surface area (Å²) >= 11 is 6.77. The number of anilines is 1.